The molecule has 1 rings (SSSR count). The Morgan fingerprint density at radius 3 is 2.93 bits per heavy atom. The van der Waals surface area contributed by atoms with Gasteiger partial charge in [-0.2, -0.15) is 0 Å². The summed E-state index contributed by atoms with van der Waals surface area (Å²) in [4.78, 5) is 4.25. The lowest BCUT2D eigenvalue weighted by Gasteiger charge is -2.15. The zero-order valence-electron chi connectivity index (χ0n) is 9.04. The quantitative estimate of drug-likeness (QED) is 0.446. The Morgan fingerprint density at radius 2 is 2.33 bits per heavy atom. The molecular formula is C11H18ClN3. The smallest absolute Gasteiger partial charge is 0.0772 e. The monoisotopic (exact) mass is 227 g/mol. The molecule has 1 heterocycles. The molecule has 0 bridgehead atoms. The Bertz CT molecular complexity index is 291. The van der Waals surface area contributed by atoms with Gasteiger partial charge >= 0.3 is 0 Å². The topological polar surface area (TPSA) is 50.9 Å². The van der Waals surface area contributed by atoms with Crippen LogP contribution in [0.15, 0.2) is 18.3 Å². The largest absolute Gasteiger partial charge is 0.271 e. The highest BCUT2D eigenvalue weighted by Crippen LogP contribution is 2.23. The molecule has 0 spiro atoms. The van der Waals surface area contributed by atoms with Crippen molar-refractivity contribution in [3.8, 4) is 0 Å². The minimum absolute atomic E-state index is 0.0604. The van der Waals surface area contributed by atoms with E-state index < -0.39 is 0 Å². The van der Waals surface area contributed by atoms with Crippen LogP contribution >= 0.6 is 11.6 Å². The number of rotatable bonds is 6. The maximum Gasteiger partial charge on any atom is 0.0772 e. The maximum absolute atomic E-state index is 6.05. The third kappa shape index (κ3) is 3.78. The fourth-order valence-electron chi connectivity index (χ4n) is 1.55. The molecule has 0 fully saturated rings. The van der Waals surface area contributed by atoms with E-state index in [1.54, 1.807) is 6.20 Å². The average molecular weight is 228 g/mol. The first-order valence-electron chi connectivity index (χ1n) is 5.36. The third-order valence-electron chi connectivity index (χ3n) is 2.41. The molecular weight excluding hydrogens is 210 g/mol. The van der Waals surface area contributed by atoms with E-state index in [0.717, 1.165) is 18.5 Å². The van der Waals surface area contributed by atoms with Crippen LogP contribution in [0.5, 0.6) is 0 Å². The predicted octanol–water partition coefficient (Wildman–Crippen LogP) is 2.82. The lowest BCUT2D eigenvalue weighted by atomic mass is 10.1. The second kappa shape index (κ2) is 6.77. The minimum Gasteiger partial charge on any atom is -0.271 e. The van der Waals surface area contributed by atoms with Gasteiger partial charge < -0.3 is 0 Å². The first-order chi connectivity index (χ1) is 7.29. The first kappa shape index (κ1) is 12.4. The van der Waals surface area contributed by atoms with Crippen LogP contribution in [0.1, 0.15) is 44.3 Å². The predicted molar refractivity (Wildman–Crippen MR) is 63.5 cm³/mol. The number of hydrogen-bond acceptors (Lipinski definition) is 3. The number of nitrogens with one attached hydrogen (secondary N) is 1. The van der Waals surface area contributed by atoms with E-state index >= 15 is 0 Å². The van der Waals surface area contributed by atoms with Crippen molar-refractivity contribution in [1.82, 2.24) is 10.4 Å². The normalized spacial score (nSPS) is 12.7. The molecule has 0 saturated heterocycles. The number of hydrazine groups is 1. The van der Waals surface area contributed by atoms with E-state index in [1.807, 2.05) is 12.1 Å². The molecule has 0 amide bonds. The summed E-state index contributed by atoms with van der Waals surface area (Å²) in [5, 5.41) is 0.678. The molecule has 0 radical (unpaired) electrons. The lowest BCUT2D eigenvalue weighted by Crippen LogP contribution is -2.28. The Labute approximate surface area is 96.0 Å². The Hall–Kier alpha value is -0.640. The minimum atomic E-state index is 0.0604. The van der Waals surface area contributed by atoms with Crippen LogP contribution in [0.4, 0.5) is 0 Å². The molecule has 3 nitrogen and oxygen atoms in total. The van der Waals surface area contributed by atoms with Crippen LogP contribution in [-0.2, 0) is 0 Å². The van der Waals surface area contributed by atoms with Crippen LogP contribution in [0.2, 0.25) is 5.02 Å². The van der Waals surface area contributed by atoms with Crippen molar-refractivity contribution in [2.75, 3.05) is 0 Å². The van der Waals surface area contributed by atoms with Gasteiger partial charge in [0.1, 0.15) is 0 Å². The van der Waals surface area contributed by atoms with Crippen molar-refractivity contribution in [3.05, 3.63) is 29.0 Å². The summed E-state index contributed by atoms with van der Waals surface area (Å²) in [6.45, 7) is 2.18. The van der Waals surface area contributed by atoms with Gasteiger partial charge in [0.15, 0.2) is 0 Å². The Morgan fingerprint density at radius 1 is 1.53 bits per heavy atom. The van der Waals surface area contributed by atoms with E-state index in [2.05, 4.69) is 17.3 Å². The van der Waals surface area contributed by atoms with Crippen molar-refractivity contribution in [2.24, 2.45) is 5.84 Å². The van der Waals surface area contributed by atoms with Crippen LogP contribution < -0.4 is 11.3 Å². The highest BCUT2D eigenvalue weighted by Gasteiger charge is 2.13. The Balaban J connectivity index is 2.61. The van der Waals surface area contributed by atoms with E-state index in [9.17, 15) is 0 Å². The summed E-state index contributed by atoms with van der Waals surface area (Å²) < 4.78 is 0. The average Bonchev–Trinajstić information content (AvgIpc) is 2.26. The molecule has 3 N–H and O–H groups in total. The van der Waals surface area contributed by atoms with Gasteiger partial charge in [0, 0.05) is 6.20 Å². The van der Waals surface area contributed by atoms with Gasteiger partial charge in [-0.05, 0) is 18.6 Å². The van der Waals surface area contributed by atoms with E-state index in [1.165, 1.54) is 12.8 Å². The van der Waals surface area contributed by atoms with Gasteiger partial charge in [-0.1, -0.05) is 37.8 Å². The van der Waals surface area contributed by atoms with Gasteiger partial charge in [-0.25, -0.2) is 0 Å². The molecule has 0 aromatic carbocycles. The summed E-state index contributed by atoms with van der Waals surface area (Å²) in [7, 11) is 0. The van der Waals surface area contributed by atoms with Crippen LogP contribution in [0.3, 0.4) is 0 Å². The molecule has 0 aliphatic carbocycles. The molecule has 0 aliphatic heterocycles. The molecule has 1 unspecified atom stereocenters. The van der Waals surface area contributed by atoms with E-state index in [0.29, 0.717) is 5.02 Å². The van der Waals surface area contributed by atoms with Gasteiger partial charge in [0.05, 0.1) is 16.8 Å². The van der Waals surface area contributed by atoms with Gasteiger partial charge in [0.2, 0.25) is 0 Å². The van der Waals surface area contributed by atoms with Crippen LogP contribution in [-0.4, -0.2) is 4.98 Å². The van der Waals surface area contributed by atoms with Gasteiger partial charge in [-0.15, -0.1) is 0 Å². The number of aromatic nitrogens is 1. The second-order valence-electron chi connectivity index (χ2n) is 3.59. The van der Waals surface area contributed by atoms with Gasteiger partial charge in [-0.3, -0.25) is 16.3 Å². The number of unbranched alkanes of at least 4 members (excludes halogenated alkanes) is 2. The SMILES string of the molecule is CCCCCC(NN)c1ncccc1Cl. The van der Waals surface area contributed by atoms with Crippen molar-refractivity contribution in [3.63, 3.8) is 0 Å². The summed E-state index contributed by atoms with van der Waals surface area (Å²) in [5.41, 5.74) is 3.62. The number of hydrogen-bond donors (Lipinski definition) is 2. The standard InChI is InChI=1S/C11H18ClN3/c1-2-3-4-7-10(15-13)11-9(12)6-5-8-14-11/h5-6,8,10,15H,2-4,7,13H2,1H3. The van der Waals surface area contributed by atoms with Crippen molar-refractivity contribution in [1.29, 1.82) is 0 Å². The highest BCUT2D eigenvalue weighted by atomic mass is 35.5. The molecule has 0 saturated carbocycles. The first-order valence-corrected chi connectivity index (χ1v) is 5.74. The molecule has 15 heavy (non-hydrogen) atoms. The maximum atomic E-state index is 6.05. The van der Waals surface area contributed by atoms with E-state index in [-0.39, 0.29) is 6.04 Å². The highest BCUT2D eigenvalue weighted by molar-refractivity contribution is 6.31. The molecule has 0 aliphatic rings. The van der Waals surface area contributed by atoms with Crippen molar-refractivity contribution >= 4 is 11.6 Å². The molecule has 1 aromatic rings. The number of nitrogens with zero attached hydrogens (tertiary/aromatic N) is 1. The zero-order valence-corrected chi connectivity index (χ0v) is 9.80. The third-order valence-corrected chi connectivity index (χ3v) is 2.73. The van der Waals surface area contributed by atoms with E-state index in [4.69, 9.17) is 17.4 Å². The summed E-state index contributed by atoms with van der Waals surface area (Å²) in [6.07, 6.45) is 6.26. The molecule has 4 heteroatoms. The van der Waals surface area contributed by atoms with Crippen LogP contribution in [0, 0.1) is 0 Å². The fourth-order valence-corrected chi connectivity index (χ4v) is 1.81. The number of halogens is 1. The summed E-state index contributed by atoms with van der Waals surface area (Å²) in [6, 6.07) is 3.73. The van der Waals surface area contributed by atoms with Gasteiger partial charge in [0.25, 0.3) is 0 Å². The zero-order chi connectivity index (χ0) is 11.1. The molecule has 1 atom stereocenters. The number of pyridine rings is 1. The fraction of sp³-hybridized carbons (Fsp3) is 0.545. The molecule has 1 aromatic heterocycles. The van der Waals surface area contributed by atoms with Crippen LogP contribution in [0.25, 0.3) is 0 Å². The molecule has 84 valence electrons. The number of nitrogens with two attached hydrogens (primary N) is 1. The Kier molecular flexibility index (Phi) is 5.61. The summed E-state index contributed by atoms with van der Waals surface area (Å²) >= 11 is 6.05. The van der Waals surface area contributed by atoms with Crippen molar-refractivity contribution in [2.45, 2.75) is 38.6 Å². The summed E-state index contributed by atoms with van der Waals surface area (Å²) in [5.74, 6) is 5.51. The van der Waals surface area contributed by atoms with Crippen molar-refractivity contribution < 1.29 is 0 Å². The lowest BCUT2D eigenvalue weighted by molar-refractivity contribution is 0.477. The second-order valence-corrected chi connectivity index (χ2v) is 3.99.